The Kier molecular flexibility index (Phi) is 6.29. The van der Waals surface area contributed by atoms with Crippen LogP contribution in [0.4, 0.5) is 5.69 Å². The number of hydrogen-bond donors (Lipinski definition) is 2. The molecule has 7 nitrogen and oxygen atoms in total. The number of rotatable bonds is 6. The Morgan fingerprint density at radius 1 is 1.14 bits per heavy atom. The van der Waals surface area contributed by atoms with Crippen molar-refractivity contribution in [3.8, 4) is 0 Å². The number of thiophene rings is 1. The fourth-order valence-corrected chi connectivity index (χ4v) is 5.79. The molecule has 1 aliphatic heterocycles. The number of sulfonamides is 1. The van der Waals surface area contributed by atoms with Crippen molar-refractivity contribution in [3.05, 3.63) is 47.3 Å². The molecular weight excluding hydrogens is 398 g/mol. The lowest BCUT2D eigenvalue weighted by molar-refractivity contribution is -0.917. The van der Waals surface area contributed by atoms with Crippen LogP contribution in [0.1, 0.15) is 24.2 Å². The highest BCUT2D eigenvalue weighted by atomic mass is 32.2. The fraction of sp³-hybridized carbons (Fsp3) is 0.368. The van der Waals surface area contributed by atoms with Crippen molar-refractivity contribution in [1.82, 2.24) is 4.31 Å². The maximum absolute atomic E-state index is 12.6. The first-order chi connectivity index (χ1) is 13.3. The molecule has 1 saturated heterocycles. The van der Waals surface area contributed by atoms with Gasteiger partial charge >= 0.3 is 0 Å². The van der Waals surface area contributed by atoms with Crippen LogP contribution < -0.4 is 10.2 Å². The van der Waals surface area contributed by atoms with Gasteiger partial charge in [-0.1, -0.05) is 6.07 Å². The lowest BCUT2D eigenvalue weighted by Crippen LogP contribution is -3.19. The van der Waals surface area contributed by atoms with Crippen LogP contribution in [0.15, 0.2) is 46.0 Å². The van der Waals surface area contributed by atoms with Crippen molar-refractivity contribution >= 4 is 38.7 Å². The van der Waals surface area contributed by atoms with E-state index >= 15 is 0 Å². The monoisotopic (exact) mass is 422 g/mol. The number of piperazine rings is 1. The smallest absolute Gasteiger partial charge is 0.282 e. The van der Waals surface area contributed by atoms with E-state index in [1.807, 2.05) is 6.92 Å². The van der Waals surface area contributed by atoms with Crippen molar-refractivity contribution in [2.75, 3.05) is 31.5 Å². The summed E-state index contributed by atoms with van der Waals surface area (Å²) in [6.07, 6.45) is 0. The Morgan fingerprint density at radius 3 is 2.32 bits per heavy atom. The second kappa shape index (κ2) is 8.52. The van der Waals surface area contributed by atoms with E-state index in [2.05, 4.69) is 5.32 Å². The van der Waals surface area contributed by atoms with E-state index in [0.29, 0.717) is 41.6 Å². The van der Waals surface area contributed by atoms with Crippen molar-refractivity contribution in [1.29, 1.82) is 0 Å². The number of carbonyl (C=O) groups is 2. The number of nitrogens with zero attached hydrogens (tertiary/aromatic N) is 1. The van der Waals surface area contributed by atoms with Gasteiger partial charge in [0.25, 0.3) is 15.9 Å². The highest BCUT2D eigenvalue weighted by Crippen LogP contribution is 2.20. The van der Waals surface area contributed by atoms with Gasteiger partial charge in [-0.05, 0) is 49.6 Å². The van der Waals surface area contributed by atoms with Crippen molar-refractivity contribution in [2.24, 2.45) is 0 Å². The second-order valence-corrected chi connectivity index (χ2v) is 9.95. The van der Waals surface area contributed by atoms with Gasteiger partial charge in [-0.2, -0.15) is 4.31 Å². The summed E-state index contributed by atoms with van der Waals surface area (Å²) < 4.78 is 27.0. The summed E-state index contributed by atoms with van der Waals surface area (Å²) in [6.45, 7) is 5.27. The predicted molar refractivity (Wildman–Crippen MR) is 108 cm³/mol. The van der Waals surface area contributed by atoms with Crippen molar-refractivity contribution < 1.29 is 22.9 Å². The number of Topliss-reactive ketones (excluding diaryl/α,β-unsaturated/α-hetero) is 1. The van der Waals surface area contributed by atoms with Crippen LogP contribution in [0.25, 0.3) is 0 Å². The molecule has 1 atom stereocenters. The van der Waals surface area contributed by atoms with Crippen LogP contribution in [0, 0.1) is 0 Å². The molecule has 0 radical (unpaired) electrons. The van der Waals surface area contributed by atoms with Gasteiger partial charge in [0.1, 0.15) is 4.21 Å². The molecule has 2 aromatic rings. The standard InChI is InChI=1S/C19H23N3O4S2/c1-14(19(24)20-17-7-5-16(6-8-17)15(2)23)21-9-11-22(12-10-21)28(25,26)18-4-3-13-27-18/h3-8,13-14H,9-12H2,1-2H3,(H,20,24)/p+1/t14-/m0/s1. The average Bonchev–Trinajstić information content (AvgIpc) is 3.23. The molecule has 28 heavy (non-hydrogen) atoms. The van der Waals surface area contributed by atoms with Gasteiger partial charge in [0, 0.05) is 11.3 Å². The largest absolute Gasteiger partial charge is 0.323 e. The van der Waals surface area contributed by atoms with E-state index in [9.17, 15) is 18.0 Å². The third-order valence-corrected chi connectivity index (χ3v) is 8.29. The first kappa shape index (κ1) is 20.7. The average molecular weight is 423 g/mol. The van der Waals surface area contributed by atoms with Gasteiger partial charge in [-0.3, -0.25) is 9.59 Å². The molecular formula is C19H24N3O4S2+. The quantitative estimate of drug-likeness (QED) is 0.676. The summed E-state index contributed by atoms with van der Waals surface area (Å²) in [4.78, 5) is 24.9. The third-order valence-electron chi connectivity index (χ3n) is 5.02. The molecule has 1 fully saturated rings. The molecule has 9 heteroatoms. The lowest BCUT2D eigenvalue weighted by atomic mass is 10.1. The van der Waals surface area contributed by atoms with Gasteiger partial charge in [0.15, 0.2) is 11.8 Å². The van der Waals surface area contributed by atoms with E-state index in [0.717, 1.165) is 4.90 Å². The molecule has 0 unspecified atom stereocenters. The Balaban J connectivity index is 1.56. The van der Waals surface area contributed by atoms with Crippen LogP contribution in [0.3, 0.4) is 0 Å². The topological polar surface area (TPSA) is 88.0 Å². The summed E-state index contributed by atoms with van der Waals surface area (Å²) in [5.41, 5.74) is 1.24. The van der Waals surface area contributed by atoms with Crippen LogP contribution >= 0.6 is 11.3 Å². The third kappa shape index (κ3) is 4.49. The van der Waals surface area contributed by atoms with Gasteiger partial charge < -0.3 is 10.2 Å². The second-order valence-electron chi connectivity index (χ2n) is 6.84. The Morgan fingerprint density at radius 2 is 1.79 bits per heavy atom. The summed E-state index contributed by atoms with van der Waals surface area (Å²) in [7, 11) is -3.44. The van der Waals surface area contributed by atoms with Crippen LogP contribution in [0.2, 0.25) is 0 Å². The number of carbonyl (C=O) groups excluding carboxylic acids is 2. The van der Waals surface area contributed by atoms with Crippen molar-refractivity contribution in [2.45, 2.75) is 24.1 Å². The molecule has 150 valence electrons. The summed E-state index contributed by atoms with van der Waals surface area (Å²) >= 11 is 1.22. The number of anilines is 1. The van der Waals surface area contributed by atoms with E-state index in [-0.39, 0.29) is 17.7 Å². The SMILES string of the molecule is CC(=O)c1ccc(NC(=O)[C@H](C)[NH+]2CCN(S(=O)(=O)c3cccs3)CC2)cc1. The summed E-state index contributed by atoms with van der Waals surface area (Å²) in [5.74, 6) is -0.147. The minimum absolute atomic E-state index is 0.0222. The number of quaternary nitrogens is 1. The van der Waals surface area contributed by atoms with Crippen LogP contribution in [-0.2, 0) is 14.8 Å². The normalized spacial score (nSPS) is 17.2. The maximum atomic E-state index is 12.6. The molecule has 1 aromatic carbocycles. The zero-order valence-electron chi connectivity index (χ0n) is 15.8. The Bertz CT molecular complexity index is 932. The maximum Gasteiger partial charge on any atom is 0.282 e. The first-order valence-electron chi connectivity index (χ1n) is 9.09. The van der Waals surface area contributed by atoms with Gasteiger partial charge in [-0.25, -0.2) is 8.42 Å². The highest BCUT2D eigenvalue weighted by molar-refractivity contribution is 7.91. The minimum Gasteiger partial charge on any atom is -0.323 e. The number of nitrogens with one attached hydrogen (secondary N) is 2. The molecule has 3 rings (SSSR count). The fourth-order valence-electron chi connectivity index (χ4n) is 3.21. The molecule has 0 spiro atoms. The molecule has 0 saturated carbocycles. The molecule has 0 bridgehead atoms. The molecule has 1 amide bonds. The van der Waals surface area contributed by atoms with Crippen LogP contribution in [-0.4, -0.2) is 56.6 Å². The predicted octanol–water partition coefficient (Wildman–Crippen LogP) is 0.867. The van der Waals surface area contributed by atoms with E-state index in [1.54, 1.807) is 41.8 Å². The summed E-state index contributed by atoms with van der Waals surface area (Å²) in [5, 5.41) is 4.62. The number of amides is 1. The van der Waals surface area contributed by atoms with Crippen molar-refractivity contribution in [3.63, 3.8) is 0 Å². The number of hydrogen-bond acceptors (Lipinski definition) is 5. The number of ketones is 1. The van der Waals surface area contributed by atoms with Gasteiger partial charge in [-0.15, -0.1) is 11.3 Å². The molecule has 1 aliphatic rings. The Labute approximate surface area is 169 Å². The molecule has 1 aromatic heterocycles. The van der Waals surface area contributed by atoms with E-state index < -0.39 is 10.0 Å². The summed E-state index contributed by atoms with van der Waals surface area (Å²) in [6, 6.07) is 9.83. The van der Waals surface area contributed by atoms with E-state index in [4.69, 9.17) is 0 Å². The zero-order valence-corrected chi connectivity index (χ0v) is 17.5. The zero-order chi connectivity index (χ0) is 20.3. The molecule has 2 N–H and O–H groups in total. The Hall–Kier alpha value is -2.07. The first-order valence-corrected chi connectivity index (χ1v) is 11.4. The van der Waals surface area contributed by atoms with Crippen LogP contribution in [0.5, 0.6) is 0 Å². The lowest BCUT2D eigenvalue weighted by Gasteiger charge is -2.33. The van der Waals surface area contributed by atoms with Gasteiger partial charge in [0.05, 0.1) is 26.2 Å². The van der Waals surface area contributed by atoms with Gasteiger partial charge in [0.2, 0.25) is 0 Å². The highest BCUT2D eigenvalue weighted by Gasteiger charge is 2.34. The number of benzene rings is 1. The van der Waals surface area contributed by atoms with E-state index in [1.165, 1.54) is 22.6 Å². The minimum atomic E-state index is -3.44. The molecule has 2 heterocycles. The molecule has 0 aliphatic carbocycles.